The van der Waals surface area contributed by atoms with Crippen LogP contribution in [0.3, 0.4) is 0 Å². The van der Waals surface area contributed by atoms with Crippen LogP contribution in [0, 0.1) is 12.8 Å². The molecule has 0 radical (unpaired) electrons. The smallest absolute Gasteiger partial charge is 0.188 e. The molecule has 0 atom stereocenters. The van der Waals surface area contributed by atoms with Crippen LogP contribution in [-0.4, -0.2) is 17.5 Å². The molecule has 0 spiro atoms. The van der Waals surface area contributed by atoms with Gasteiger partial charge < -0.3 is 11.1 Å². The van der Waals surface area contributed by atoms with Gasteiger partial charge >= 0.3 is 0 Å². The average Bonchev–Trinajstić information content (AvgIpc) is 2.24. The van der Waals surface area contributed by atoms with Crippen molar-refractivity contribution in [3.63, 3.8) is 0 Å². The van der Waals surface area contributed by atoms with Crippen LogP contribution in [0.2, 0.25) is 0 Å². The van der Waals surface area contributed by atoms with E-state index in [9.17, 15) is 0 Å². The van der Waals surface area contributed by atoms with Gasteiger partial charge in [-0.25, -0.2) is 4.99 Å². The summed E-state index contributed by atoms with van der Waals surface area (Å²) in [6, 6.07) is 4.00. The maximum Gasteiger partial charge on any atom is 0.188 e. The Labute approximate surface area is 102 Å². The number of rotatable bonds is 4. The number of aryl methyl sites for hydroxylation is 1. The molecule has 1 fully saturated rings. The van der Waals surface area contributed by atoms with E-state index in [0.717, 1.165) is 23.7 Å². The molecule has 17 heavy (non-hydrogen) atoms. The van der Waals surface area contributed by atoms with E-state index in [1.165, 1.54) is 19.3 Å². The molecule has 3 N–H and O–H groups in total. The lowest BCUT2D eigenvalue weighted by Crippen LogP contribution is -2.37. The Bertz CT molecular complexity index is 396. The van der Waals surface area contributed by atoms with Crippen LogP contribution in [0.1, 0.15) is 30.5 Å². The molecular formula is C13H20N4. The van der Waals surface area contributed by atoms with Gasteiger partial charge in [0.15, 0.2) is 5.96 Å². The molecule has 1 aromatic heterocycles. The molecule has 0 saturated heterocycles. The lowest BCUT2D eigenvalue weighted by Gasteiger charge is -2.25. The van der Waals surface area contributed by atoms with Gasteiger partial charge in [0.1, 0.15) is 0 Å². The Hall–Kier alpha value is -1.58. The molecule has 0 amide bonds. The average molecular weight is 232 g/mol. The molecule has 1 heterocycles. The van der Waals surface area contributed by atoms with E-state index >= 15 is 0 Å². The number of aliphatic imine (C=N–C) groups is 1. The molecular weight excluding hydrogens is 212 g/mol. The second kappa shape index (κ2) is 5.66. The number of nitrogens with two attached hydrogens (primary N) is 1. The van der Waals surface area contributed by atoms with Gasteiger partial charge in [-0.05, 0) is 43.4 Å². The number of pyridine rings is 1. The summed E-state index contributed by atoms with van der Waals surface area (Å²) < 4.78 is 0. The molecule has 1 aliphatic rings. The zero-order valence-corrected chi connectivity index (χ0v) is 10.3. The highest BCUT2D eigenvalue weighted by molar-refractivity contribution is 5.77. The van der Waals surface area contributed by atoms with Crippen molar-refractivity contribution in [3.8, 4) is 0 Å². The Morgan fingerprint density at radius 3 is 3.06 bits per heavy atom. The second-order valence-corrected chi connectivity index (χ2v) is 4.68. The lowest BCUT2D eigenvalue weighted by molar-refractivity contribution is 0.315. The third-order valence-electron chi connectivity index (χ3n) is 3.19. The van der Waals surface area contributed by atoms with Gasteiger partial charge in [0.2, 0.25) is 0 Å². The first-order valence-electron chi connectivity index (χ1n) is 6.19. The van der Waals surface area contributed by atoms with Crippen molar-refractivity contribution in [3.05, 3.63) is 29.6 Å². The van der Waals surface area contributed by atoms with Gasteiger partial charge in [-0.3, -0.25) is 4.98 Å². The third kappa shape index (κ3) is 3.73. The van der Waals surface area contributed by atoms with E-state index < -0.39 is 0 Å². The van der Waals surface area contributed by atoms with Crippen molar-refractivity contribution < 1.29 is 0 Å². The molecule has 1 saturated carbocycles. The fraction of sp³-hybridized carbons (Fsp3) is 0.538. The minimum Gasteiger partial charge on any atom is -0.370 e. The van der Waals surface area contributed by atoms with Gasteiger partial charge in [-0.1, -0.05) is 6.42 Å². The predicted molar refractivity (Wildman–Crippen MR) is 69.6 cm³/mol. The highest BCUT2D eigenvalue weighted by Crippen LogP contribution is 2.24. The SMILES string of the molecule is Cc1cc(CN=C(N)NCC2CCC2)ccn1. The second-order valence-electron chi connectivity index (χ2n) is 4.68. The van der Waals surface area contributed by atoms with E-state index in [-0.39, 0.29) is 0 Å². The standard InChI is InChI=1S/C13H20N4/c1-10-7-12(5-6-15-10)9-17-13(14)16-8-11-3-2-4-11/h5-7,11H,2-4,8-9H2,1H3,(H3,14,16,17). The molecule has 1 aromatic rings. The maximum atomic E-state index is 5.81. The normalized spacial score (nSPS) is 16.6. The van der Waals surface area contributed by atoms with Gasteiger partial charge in [0.25, 0.3) is 0 Å². The summed E-state index contributed by atoms with van der Waals surface area (Å²) in [6.07, 6.45) is 5.81. The zero-order chi connectivity index (χ0) is 12.1. The molecule has 0 unspecified atom stereocenters. The summed E-state index contributed by atoms with van der Waals surface area (Å²) in [5.41, 5.74) is 7.97. The van der Waals surface area contributed by atoms with E-state index in [1.807, 2.05) is 19.1 Å². The summed E-state index contributed by atoms with van der Waals surface area (Å²) in [5.74, 6) is 1.35. The number of aromatic nitrogens is 1. The summed E-state index contributed by atoms with van der Waals surface area (Å²) in [7, 11) is 0. The molecule has 4 nitrogen and oxygen atoms in total. The highest BCUT2D eigenvalue weighted by atomic mass is 15.1. The maximum absolute atomic E-state index is 5.81. The first-order valence-corrected chi connectivity index (χ1v) is 6.19. The van der Waals surface area contributed by atoms with E-state index in [2.05, 4.69) is 15.3 Å². The van der Waals surface area contributed by atoms with Gasteiger partial charge in [0, 0.05) is 18.4 Å². The number of nitrogens with one attached hydrogen (secondary N) is 1. The van der Waals surface area contributed by atoms with Crippen LogP contribution in [0.15, 0.2) is 23.3 Å². The Morgan fingerprint density at radius 1 is 1.59 bits per heavy atom. The van der Waals surface area contributed by atoms with Crippen LogP contribution >= 0.6 is 0 Å². The van der Waals surface area contributed by atoms with Crippen LogP contribution in [-0.2, 0) is 6.54 Å². The first kappa shape index (κ1) is 11.9. The quantitative estimate of drug-likeness (QED) is 0.612. The summed E-state index contributed by atoms with van der Waals surface area (Å²) in [5, 5.41) is 3.18. The fourth-order valence-electron chi connectivity index (χ4n) is 1.88. The number of hydrogen-bond donors (Lipinski definition) is 2. The minimum atomic E-state index is 0.548. The Balaban J connectivity index is 1.78. The highest BCUT2D eigenvalue weighted by Gasteiger charge is 2.16. The molecule has 0 bridgehead atoms. The molecule has 2 rings (SSSR count). The minimum absolute atomic E-state index is 0.548. The van der Waals surface area contributed by atoms with Crippen LogP contribution in [0.4, 0.5) is 0 Å². The van der Waals surface area contributed by atoms with Crippen molar-refractivity contribution in [1.29, 1.82) is 0 Å². The fourth-order valence-corrected chi connectivity index (χ4v) is 1.88. The zero-order valence-electron chi connectivity index (χ0n) is 10.3. The first-order chi connectivity index (χ1) is 8.24. The largest absolute Gasteiger partial charge is 0.370 e. The van der Waals surface area contributed by atoms with Gasteiger partial charge in [-0.2, -0.15) is 0 Å². The Morgan fingerprint density at radius 2 is 2.41 bits per heavy atom. The van der Waals surface area contributed by atoms with Crippen LogP contribution < -0.4 is 11.1 Å². The predicted octanol–water partition coefficient (Wildman–Crippen LogP) is 1.59. The van der Waals surface area contributed by atoms with Crippen molar-refractivity contribution in [1.82, 2.24) is 10.3 Å². The van der Waals surface area contributed by atoms with Crippen molar-refractivity contribution in [2.24, 2.45) is 16.6 Å². The van der Waals surface area contributed by atoms with Gasteiger partial charge in [0.05, 0.1) is 6.54 Å². The molecule has 92 valence electrons. The van der Waals surface area contributed by atoms with Crippen molar-refractivity contribution in [2.75, 3.05) is 6.54 Å². The van der Waals surface area contributed by atoms with Crippen LogP contribution in [0.5, 0.6) is 0 Å². The number of hydrogen-bond acceptors (Lipinski definition) is 2. The van der Waals surface area contributed by atoms with Gasteiger partial charge in [-0.15, -0.1) is 0 Å². The third-order valence-corrected chi connectivity index (χ3v) is 3.19. The molecule has 0 aromatic carbocycles. The van der Waals surface area contributed by atoms with E-state index in [0.29, 0.717) is 12.5 Å². The van der Waals surface area contributed by atoms with Crippen molar-refractivity contribution in [2.45, 2.75) is 32.7 Å². The number of nitrogens with zero attached hydrogens (tertiary/aromatic N) is 2. The molecule has 1 aliphatic carbocycles. The lowest BCUT2D eigenvalue weighted by atomic mass is 9.85. The summed E-state index contributed by atoms with van der Waals surface area (Å²) >= 11 is 0. The number of guanidine groups is 1. The van der Waals surface area contributed by atoms with Crippen molar-refractivity contribution >= 4 is 5.96 Å². The van der Waals surface area contributed by atoms with E-state index in [1.54, 1.807) is 6.20 Å². The summed E-state index contributed by atoms with van der Waals surface area (Å²) in [6.45, 7) is 3.56. The van der Waals surface area contributed by atoms with E-state index in [4.69, 9.17) is 5.73 Å². The monoisotopic (exact) mass is 232 g/mol. The Kier molecular flexibility index (Phi) is 3.96. The topological polar surface area (TPSA) is 63.3 Å². The molecule has 0 aliphatic heterocycles. The molecule has 4 heteroatoms. The summed E-state index contributed by atoms with van der Waals surface area (Å²) in [4.78, 5) is 8.47. The van der Waals surface area contributed by atoms with Crippen LogP contribution in [0.25, 0.3) is 0 Å².